The summed E-state index contributed by atoms with van der Waals surface area (Å²) in [5.41, 5.74) is -0.435. The maximum absolute atomic E-state index is 13.2. The lowest BCUT2D eigenvalue weighted by atomic mass is 9.92. The van der Waals surface area contributed by atoms with E-state index in [4.69, 9.17) is 0 Å². The Morgan fingerprint density at radius 3 is 2.71 bits per heavy atom. The Morgan fingerprint density at radius 1 is 1.25 bits per heavy atom. The molecule has 6 heteroatoms. The standard InChI is InChI=1S/C18H23F3N2O/c1-12(15-4-2-3-5-16(15)18(19,20)21)10-17(24)23-9-8-13-6-7-14(11-23)22-13/h2-5,12-14,22H,6-11H2,1H3. The van der Waals surface area contributed by atoms with Crippen molar-refractivity contribution in [1.82, 2.24) is 10.2 Å². The maximum atomic E-state index is 13.2. The van der Waals surface area contributed by atoms with Gasteiger partial charge in [-0.1, -0.05) is 25.1 Å². The third-order valence-corrected chi connectivity index (χ3v) is 5.15. The fourth-order valence-corrected chi connectivity index (χ4v) is 3.86. The van der Waals surface area contributed by atoms with Crippen molar-refractivity contribution in [3.8, 4) is 0 Å². The van der Waals surface area contributed by atoms with Crippen molar-refractivity contribution in [2.24, 2.45) is 0 Å². The number of benzene rings is 1. The van der Waals surface area contributed by atoms with E-state index in [0.717, 1.165) is 25.3 Å². The number of amides is 1. The number of carbonyl (C=O) groups is 1. The van der Waals surface area contributed by atoms with Gasteiger partial charge >= 0.3 is 6.18 Å². The summed E-state index contributed by atoms with van der Waals surface area (Å²) in [6.07, 6.45) is -1.12. The van der Waals surface area contributed by atoms with Gasteiger partial charge in [0.25, 0.3) is 0 Å². The van der Waals surface area contributed by atoms with E-state index in [9.17, 15) is 18.0 Å². The van der Waals surface area contributed by atoms with Gasteiger partial charge in [-0.05, 0) is 36.8 Å². The van der Waals surface area contributed by atoms with Crippen molar-refractivity contribution >= 4 is 5.91 Å². The van der Waals surface area contributed by atoms with E-state index >= 15 is 0 Å². The van der Waals surface area contributed by atoms with Gasteiger partial charge in [0.05, 0.1) is 5.56 Å². The summed E-state index contributed by atoms with van der Waals surface area (Å²) in [6, 6.07) is 6.37. The molecule has 2 fully saturated rings. The number of halogens is 3. The molecule has 2 aliphatic heterocycles. The van der Waals surface area contributed by atoms with Gasteiger partial charge in [-0.2, -0.15) is 13.2 Å². The van der Waals surface area contributed by atoms with Crippen molar-refractivity contribution in [3.63, 3.8) is 0 Å². The van der Waals surface area contributed by atoms with Gasteiger partial charge in [0, 0.05) is 31.6 Å². The van der Waals surface area contributed by atoms with Crippen molar-refractivity contribution < 1.29 is 18.0 Å². The van der Waals surface area contributed by atoms with Crippen LogP contribution < -0.4 is 5.32 Å². The lowest BCUT2D eigenvalue weighted by Gasteiger charge is -2.26. The fourth-order valence-electron chi connectivity index (χ4n) is 3.86. The molecule has 2 heterocycles. The van der Waals surface area contributed by atoms with Crippen LogP contribution in [0, 0.1) is 0 Å². The molecule has 0 aliphatic carbocycles. The SMILES string of the molecule is CC(CC(=O)N1CCC2CCC(C1)N2)c1ccccc1C(F)(F)F. The van der Waals surface area contributed by atoms with Crippen LogP contribution in [0.15, 0.2) is 24.3 Å². The van der Waals surface area contributed by atoms with Crippen LogP contribution in [0.5, 0.6) is 0 Å². The van der Waals surface area contributed by atoms with Gasteiger partial charge in [-0.25, -0.2) is 0 Å². The number of fused-ring (bicyclic) bond motifs is 2. The minimum atomic E-state index is -4.39. The summed E-state index contributed by atoms with van der Waals surface area (Å²) in [6.45, 7) is 3.06. The number of hydrogen-bond donors (Lipinski definition) is 1. The highest BCUT2D eigenvalue weighted by Crippen LogP contribution is 2.36. The van der Waals surface area contributed by atoms with Gasteiger partial charge in [0.1, 0.15) is 0 Å². The molecule has 0 aromatic heterocycles. The van der Waals surface area contributed by atoms with Crippen LogP contribution in [0.4, 0.5) is 13.2 Å². The minimum absolute atomic E-state index is 0.0474. The number of carbonyl (C=O) groups excluding carboxylic acids is 1. The number of rotatable bonds is 3. The number of hydrogen-bond acceptors (Lipinski definition) is 2. The number of likely N-dealkylation sites (tertiary alicyclic amines) is 1. The molecule has 24 heavy (non-hydrogen) atoms. The molecule has 3 rings (SSSR count). The number of nitrogens with one attached hydrogen (secondary N) is 1. The Kier molecular flexibility index (Phi) is 4.85. The normalized spacial score (nSPS) is 25.4. The smallest absolute Gasteiger partial charge is 0.341 e. The molecule has 0 spiro atoms. The molecule has 1 aromatic rings. The van der Waals surface area contributed by atoms with Crippen LogP contribution in [0.2, 0.25) is 0 Å². The van der Waals surface area contributed by atoms with Crippen LogP contribution in [0.1, 0.15) is 49.7 Å². The molecule has 2 bridgehead atoms. The van der Waals surface area contributed by atoms with Gasteiger partial charge < -0.3 is 10.2 Å². The summed E-state index contributed by atoms with van der Waals surface area (Å²) in [5.74, 6) is -0.502. The average Bonchev–Trinajstić information content (AvgIpc) is 2.85. The van der Waals surface area contributed by atoms with Crippen LogP contribution >= 0.6 is 0 Å². The highest BCUT2D eigenvalue weighted by Gasteiger charge is 2.35. The predicted octanol–water partition coefficient (Wildman–Crippen LogP) is 3.55. The second-order valence-electron chi connectivity index (χ2n) is 6.96. The van der Waals surface area contributed by atoms with E-state index < -0.39 is 17.7 Å². The third-order valence-electron chi connectivity index (χ3n) is 5.15. The quantitative estimate of drug-likeness (QED) is 0.913. The number of nitrogens with zero attached hydrogens (tertiary/aromatic N) is 1. The second kappa shape index (κ2) is 6.75. The Hall–Kier alpha value is -1.56. The first-order valence-electron chi connectivity index (χ1n) is 8.54. The Morgan fingerprint density at radius 2 is 1.96 bits per heavy atom. The Labute approximate surface area is 140 Å². The molecule has 1 amide bonds. The molecule has 1 N–H and O–H groups in total. The first-order valence-corrected chi connectivity index (χ1v) is 8.54. The summed E-state index contributed by atoms with van der Waals surface area (Å²) in [5, 5.41) is 3.51. The Balaban J connectivity index is 1.68. The highest BCUT2D eigenvalue weighted by molar-refractivity contribution is 5.77. The minimum Gasteiger partial charge on any atom is -0.341 e. The second-order valence-corrected chi connectivity index (χ2v) is 6.96. The summed E-state index contributed by atoms with van der Waals surface area (Å²) in [7, 11) is 0. The molecule has 2 aliphatic rings. The van der Waals surface area contributed by atoms with Crippen molar-refractivity contribution in [2.45, 2.75) is 56.8 Å². The van der Waals surface area contributed by atoms with Gasteiger partial charge in [0.2, 0.25) is 5.91 Å². The van der Waals surface area contributed by atoms with E-state index in [1.165, 1.54) is 12.1 Å². The van der Waals surface area contributed by atoms with Crippen LogP contribution in [-0.4, -0.2) is 36.0 Å². The molecule has 3 nitrogen and oxygen atoms in total. The molecular formula is C18H23F3N2O. The van der Waals surface area contributed by atoms with Gasteiger partial charge in [0.15, 0.2) is 0 Å². The molecular weight excluding hydrogens is 317 g/mol. The van der Waals surface area contributed by atoms with E-state index in [2.05, 4.69) is 5.32 Å². The average molecular weight is 340 g/mol. The third kappa shape index (κ3) is 3.74. The zero-order valence-electron chi connectivity index (χ0n) is 13.8. The van der Waals surface area contributed by atoms with Crippen molar-refractivity contribution in [1.29, 1.82) is 0 Å². The van der Waals surface area contributed by atoms with E-state index in [-0.39, 0.29) is 17.9 Å². The molecule has 0 radical (unpaired) electrons. The highest BCUT2D eigenvalue weighted by atomic mass is 19.4. The van der Waals surface area contributed by atoms with Gasteiger partial charge in [-0.3, -0.25) is 4.79 Å². The number of alkyl halides is 3. The molecule has 2 saturated heterocycles. The molecule has 3 unspecified atom stereocenters. The largest absolute Gasteiger partial charge is 0.416 e. The summed E-state index contributed by atoms with van der Waals surface area (Å²) in [4.78, 5) is 14.4. The van der Waals surface area contributed by atoms with Crippen LogP contribution in [-0.2, 0) is 11.0 Å². The van der Waals surface area contributed by atoms with Crippen LogP contribution in [0.25, 0.3) is 0 Å². The lowest BCUT2D eigenvalue weighted by Crippen LogP contribution is -2.39. The summed E-state index contributed by atoms with van der Waals surface area (Å²) < 4.78 is 39.5. The molecule has 3 atom stereocenters. The molecule has 132 valence electrons. The monoisotopic (exact) mass is 340 g/mol. The maximum Gasteiger partial charge on any atom is 0.416 e. The summed E-state index contributed by atoms with van der Waals surface area (Å²) >= 11 is 0. The fraction of sp³-hybridized carbons (Fsp3) is 0.611. The van der Waals surface area contributed by atoms with Crippen molar-refractivity contribution in [3.05, 3.63) is 35.4 Å². The van der Waals surface area contributed by atoms with E-state index in [1.807, 2.05) is 4.90 Å². The Bertz CT molecular complexity index is 602. The molecule has 0 saturated carbocycles. The van der Waals surface area contributed by atoms with Gasteiger partial charge in [-0.15, -0.1) is 0 Å². The first-order chi connectivity index (χ1) is 11.3. The van der Waals surface area contributed by atoms with Crippen molar-refractivity contribution in [2.75, 3.05) is 13.1 Å². The van der Waals surface area contributed by atoms with Crippen LogP contribution in [0.3, 0.4) is 0 Å². The first kappa shape index (κ1) is 17.3. The topological polar surface area (TPSA) is 32.3 Å². The lowest BCUT2D eigenvalue weighted by molar-refractivity contribution is -0.139. The molecule has 1 aromatic carbocycles. The zero-order valence-corrected chi connectivity index (χ0v) is 13.8. The predicted molar refractivity (Wildman–Crippen MR) is 85.6 cm³/mol. The van der Waals surface area contributed by atoms with E-state index in [1.54, 1.807) is 13.0 Å². The van der Waals surface area contributed by atoms with E-state index in [0.29, 0.717) is 25.2 Å². The zero-order chi connectivity index (χ0) is 17.3.